The van der Waals surface area contributed by atoms with Gasteiger partial charge in [0, 0.05) is 20.1 Å². The van der Waals surface area contributed by atoms with Crippen molar-refractivity contribution >= 4 is 17.8 Å². The van der Waals surface area contributed by atoms with Crippen molar-refractivity contribution < 1.29 is 9.53 Å². The molecule has 1 aromatic rings. The van der Waals surface area contributed by atoms with Gasteiger partial charge in [-0.15, -0.1) is 0 Å². The fourth-order valence-electron chi connectivity index (χ4n) is 1.75. The molecule has 0 aliphatic heterocycles. The molecule has 1 amide bonds. The third kappa shape index (κ3) is 5.05. The van der Waals surface area contributed by atoms with E-state index >= 15 is 0 Å². The van der Waals surface area contributed by atoms with Crippen LogP contribution in [0.1, 0.15) is 27.7 Å². The number of aromatic nitrogens is 3. The number of amides is 1. The first-order valence-electron chi connectivity index (χ1n) is 7.04. The van der Waals surface area contributed by atoms with Gasteiger partial charge in [0.25, 0.3) is 0 Å². The van der Waals surface area contributed by atoms with E-state index in [0.717, 1.165) is 0 Å². The summed E-state index contributed by atoms with van der Waals surface area (Å²) in [5.74, 6) is 0.393. The molecule has 8 nitrogen and oxygen atoms in total. The van der Waals surface area contributed by atoms with Crippen LogP contribution in [0.15, 0.2) is 0 Å². The molecule has 0 bridgehead atoms. The van der Waals surface area contributed by atoms with Gasteiger partial charge in [0.15, 0.2) is 0 Å². The van der Waals surface area contributed by atoms with Crippen LogP contribution in [0.25, 0.3) is 0 Å². The summed E-state index contributed by atoms with van der Waals surface area (Å²) in [5.41, 5.74) is 5.65. The smallest absolute Gasteiger partial charge is 0.323 e. The topological polar surface area (TPSA) is 97.5 Å². The number of anilines is 2. The standard InChI is InChI=1S/C13H24N6O2/c1-6-19(7-2)10(20)8-18(5)12-15-11(14)16-13(17-12)21-9(3)4/h9H,6-8H2,1-5H3,(H2,14,15,16,17). The Labute approximate surface area is 125 Å². The highest BCUT2D eigenvalue weighted by molar-refractivity contribution is 5.80. The first kappa shape index (κ1) is 16.9. The van der Waals surface area contributed by atoms with E-state index in [4.69, 9.17) is 10.5 Å². The average Bonchev–Trinajstić information content (AvgIpc) is 2.38. The highest BCUT2D eigenvalue weighted by Gasteiger charge is 2.16. The fraction of sp³-hybridized carbons (Fsp3) is 0.692. The van der Waals surface area contributed by atoms with E-state index in [2.05, 4.69) is 15.0 Å². The molecule has 118 valence electrons. The molecule has 0 aliphatic rings. The first-order chi connectivity index (χ1) is 9.87. The van der Waals surface area contributed by atoms with Crippen molar-refractivity contribution in [3.05, 3.63) is 0 Å². The highest BCUT2D eigenvalue weighted by Crippen LogP contribution is 2.13. The number of carbonyl (C=O) groups is 1. The van der Waals surface area contributed by atoms with Gasteiger partial charge >= 0.3 is 6.01 Å². The van der Waals surface area contributed by atoms with Crippen LogP contribution in [-0.2, 0) is 4.79 Å². The number of nitrogen functional groups attached to an aromatic ring is 1. The first-order valence-corrected chi connectivity index (χ1v) is 7.04. The van der Waals surface area contributed by atoms with Gasteiger partial charge in [-0.2, -0.15) is 15.0 Å². The summed E-state index contributed by atoms with van der Waals surface area (Å²) in [7, 11) is 1.73. The van der Waals surface area contributed by atoms with Crippen LogP contribution < -0.4 is 15.4 Å². The third-order valence-electron chi connectivity index (χ3n) is 2.79. The molecule has 1 aromatic heterocycles. The maximum Gasteiger partial charge on any atom is 0.323 e. The van der Waals surface area contributed by atoms with E-state index in [1.807, 2.05) is 27.7 Å². The Morgan fingerprint density at radius 3 is 2.38 bits per heavy atom. The zero-order valence-corrected chi connectivity index (χ0v) is 13.3. The minimum absolute atomic E-state index is 0.00723. The molecule has 0 atom stereocenters. The summed E-state index contributed by atoms with van der Waals surface area (Å²) in [6, 6.07) is 0.162. The lowest BCUT2D eigenvalue weighted by molar-refractivity contribution is -0.129. The van der Waals surface area contributed by atoms with Crippen LogP contribution in [0.2, 0.25) is 0 Å². The monoisotopic (exact) mass is 296 g/mol. The van der Waals surface area contributed by atoms with Crippen molar-refractivity contribution in [1.29, 1.82) is 0 Å². The Balaban J connectivity index is 2.84. The van der Waals surface area contributed by atoms with Crippen LogP contribution in [0.5, 0.6) is 6.01 Å². The second-order valence-electron chi connectivity index (χ2n) is 4.86. The molecule has 0 unspecified atom stereocenters. The van der Waals surface area contributed by atoms with E-state index in [0.29, 0.717) is 19.0 Å². The van der Waals surface area contributed by atoms with Crippen LogP contribution in [0, 0.1) is 0 Å². The minimum atomic E-state index is -0.0673. The number of likely N-dealkylation sites (N-methyl/N-ethyl adjacent to an activating group) is 2. The fourth-order valence-corrected chi connectivity index (χ4v) is 1.75. The summed E-state index contributed by atoms with van der Waals surface area (Å²) >= 11 is 0. The Morgan fingerprint density at radius 2 is 1.86 bits per heavy atom. The van der Waals surface area contributed by atoms with Gasteiger partial charge in [-0.05, 0) is 27.7 Å². The predicted octanol–water partition coefficient (Wildman–Crippen LogP) is 0.546. The molecule has 21 heavy (non-hydrogen) atoms. The maximum atomic E-state index is 12.1. The van der Waals surface area contributed by atoms with E-state index in [9.17, 15) is 4.79 Å². The number of carbonyl (C=O) groups excluding carboxylic acids is 1. The van der Waals surface area contributed by atoms with Crippen LogP contribution in [0.4, 0.5) is 11.9 Å². The Kier molecular flexibility index (Phi) is 6.13. The van der Waals surface area contributed by atoms with E-state index in [1.165, 1.54) is 0 Å². The maximum absolute atomic E-state index is 12.1. The Hall–Kier alpha value is -2.12. The predicted molar refractivity (Wildman–Crippen MR) is 81.2 cm³/mol. The number of rotatable bonds is 7. The quantitative estimate of drug-likeness (QED) is 0.784. The van der Waals surface area contributed by atoms with Crippen LogP contribution in [-0.4, -0.2) is 58.5 Å². The summed E-state index contributed by atoms with van der Waals surface area (Å²) in [6.45, 7) is 9.13. The van der Waals surface area contributed by atoms with Gasteiger partial charge in [-0.1, -0.05) is 0 Å². The number of hydrogen-bond acceptors (Lipinski definition) is 7. The number of hydrogen-bond donors (Lipinski definition) is 1. The zero-order chi connectivity index (χ0) is 16.0. The normalized spacial score (nSPS) is 10.6. The van der Waals surface area contributed by atoms with Crippen LogP contribution >= 0.6 is 0 Å². The van der Waals surface area contributed by atoms with Gasteiger partial charge in [-0.25, -0.2) is 0 Å². The lowest BCUT2D eigenvalue weighted by Gasteiger charge is -2.23. The van der Waals surface area contributed by atoms with Gasteiger partial charge in [-0.3, -0.25) is 4.79 Å². The second kappa shape index (κ2) is 7.61. The molecule has 2 N–H and O–H groups in total. The Bertz CT molecular complexity index is 476. The summed E-state index contributed by atoms with van der Waals surface area (Å²) in [5, 5.41) is 0. The van der Waals surface area contributed by atoms with E-state index in [-0.39, 0.29) is 30.5 Å². The molecule has 0 fully saturated rings. The van der Waals surface area contributed by atoms with Crippen molar-refractivity contribution in [2.45, 2.75) is 33.8 Å². The molecule has 0 aliphatic carbocycles. The SMILES string of the molecule is CCN(CC)C(=O)CN(C)c1nc(N)nc(OC(C)C)n1. The zero-order valence-electron chi connectivity index (χ0n) is 13.3. The largest absolute Gasteiger partial charge is 0.461 e. The lowest BCUT2D eigenvalue weighted by Crippen LogP contribution is -2.39. The molecule has 0 aromatic carbocycles. The minimum Gasteiger partial charge on any atom is -0.461 e. The molecule has 0 radical (unpaired) electrons. The van der Waals surface area contributed by atoms with Crippen molar-refractivity contribution in [2.75, 3.05) is 37.3 Å². The molecule has 1 rings (SSSR count). The molecule has 0 spiro atoms. The van der Waals surface area contributed by atoms with Gasteiger partial charge in [0.1, 0.15) is 0 Å². The van der Waals surface area contributed by atoms with Crippen molar-refractivity contribution in [3.63, 3.8) is 0 Å². The molecule has 0 saturated carbocycles. The Morgan fingerprint density at radius 1 is 1.24 bits per heavy atom. The second-order valence-corrected chi connectivity index (χ2v) is 4.86. The van der Waals surface area contributed by atoms with Crippen molar-refractivity contribution in [1.82, 2.24) is 19.9 Å². The molecule has 8 heteroatoms. The van der Waals surface area contributed by atoms with Crippen molar-refractivity contribution in [2.24, 2.45) is 0 Å². The van der Waals surface area contributed by atoms with Gasteiger partial charge < -0.3 is 20.3 Å². The summed E-state index contributed by atoms with van der Waals surface area (Å²) in [4.78, 5) is 27.6. The van der Waals surface area contributed by atoms with Crippen molar-refractivity contribution in [3.8, 4) is 6.01 Å². The summed E-state index contributed by atoms with van der Waals surface area (Å²) < 4.78 is 5.42. The highest BCUT2D eigenvalue weighted by atomic mass is 16.5. The molecule has 1 heterocycles. The number of nitrogens with zero attached hydrogens (tertiary/aromatic N) is 5. The lowest BCUT2D eigenvalue weighted by atomic mass is 10.4. The third-order valence-corrected chi connectivity index (χ3v) is 2.79. The summed E-state index contributed by atoms with van der Waals surface area (Å²) in [6.07, 6.45) is -0.0673. The van der Waals surface area contributed by atoms with Crippen LogP contribution in [0.3, 0.4) is 0 Å². The van der Waals surface area contributed by atoms with Gasteiger partial charge in [0.2, 0.25) is 17.8 Å². The molecule has 0 saturated heterocycles. The van der Waals surface area contributed by atoms with Gasteiger partial charge in [0.05, 0.1) is 12.6 Å². The van der Waals surface area contributed by atoms with E-state index in [1.54, 1.807) is 16.8 Å². The number of nitrogens with two attached hydrogens (primary N) is 1. The average molecular weight is 296 g/mol. The number of ether oxygens (including phenoxy) is 1. The molecular weight excluding hydrogens is 272 g/mol. The molecular formula is C13H24N6O2. The van der Waals surface area contributed by atoms with E-state index < -0.39 is 0 Å².